The molecule has 0 bridgehead atoms. The van der Waals surface area contributed by atoms with Crippen LogP contribution in [0.15, 0.2) is 48.7 Å². The molecule has 2 unspecified atom stereocenters. The number of aromatic amines is 1. The molecule has 6 nitrogen and oxygen atoms in total. The van der Waals surface area contributed by atoms with Gasteiger partial charge in [-0.1, -0.05) is 30.3 Å². The van der Waals surface area contributed by atoms with Gasteiger partial charge in [-0.2, -0.15) is 0 Å². The summed E-state index contributed by atoms with van der Waals surface area (Å²) in [7, 11) is 4.99. The van der Waals surface area contributed by atoms with E-state index in [2.05, 4.69) is 40.0 Å². The maximum absolute atomic E-state index is 5.73. The number of H-pyrrole nitrogens is 1. The molecular formula is C23H29N3O3S. The maximum atomic E-state index is 5.73. The van der Waals surface area contributed by atoms with Gasteiger partial charge in [0.25, 0.3) is 0 Å². The van der Waals surface area contributed by atoms with Gasteiger partial charge < -0.3 is 29.8 Å². The Morgan fingerprint density at radius 3 is 2.57 bits per heavy atom. The number of hydrogen-bond donors (Lipinski definition) is 3. The van der Waals surface area contributed by atoms with Gasteiger partial charge >= 0.3 is 0 Å². The third kappa shape index (κ3) is 4.86. The molecule has 7 heteroatoms. The van der Waals surface area contributed by atoms with Crippen molar-refractivity contribution in [3.05, 3.63) is 59.8 Å². The van der Waals surface area contributed by atoms with Crippen molar-refractivity contribution >= 4 is 28.2 Å². The van der Waals surface area contributed by atoms with Crippen molar-refractivity contribution in [3.8, 4) is 11.5 Å². The maximum Gasteiger partial charge on any atom is 0.166 e. The van der Waals surface area contributed by atoms with Gasteiger partial charge in [0.1, 0.15) is 0 Å². The number of para-hydroxylation sites is 2. The van der Waals surface area contributed by atoms with Gasteiger partial charge in [-0.3, -0.25) is 0 Å². The van der Waals surface area contributed by atoms with Crippen LogP contribution in [-0.2, 0) is 4.74 Å². The molecule has 3 aromatic rings. The van der Waals surface area contributed by atoms with E-state index in [1.807, 2.05) is 31.2 Å². The third-order valence-corrected chi connectivity index (χ3v) is 5.33. The van der Waals surface area contributed by atoms with Crippen LogP contribution in [0.2, 0.25) is 0 Å². The van der Waals surface area contributed by atoms with Crippen LogP contribution in [0.5, 0.6) is 11.5 Å². The second-order valence-corrected chi connectivity index (χ2v) is 7.54. The molecule has 0 saturated heterocycles. The first-order valence-corrected chi connectivity index (χ1v) is 10.3. The largest absolute Gasteiger partial charge is 0.493 e. The zero-order valence-electron chi connectivity index (χ0n) is 17.8. The number of thiocarbonyl (C=S) groups is 1. The van der Waals surface area contributed by atoms with Gasteiger partial charge in [0.15, 0.2) is 16.6 Å². The van der Waals surface area contributed by atoms with Gasteiger partial charge in [0, 0.05) is 48.3 Å². The molecule has 0 fully saturated rings. The number of methoxy groups -OCH3 is 3. The monoisotopic (exact) mass is 427 g/mol. The molecule has 30 heavy (non-hydrogen) atoms. The molecule has 1 heterocycles. The van der Waals surface area contributed by atoms with Crippen molar-refractivity contribution in [1.29, 1.82) is 0 Å². The molecule has 160 valence electrons. The Morgan fingerprint density at radius 2 is 1.83 bits per heavy atom. The Balaban J connectivity index is 1.95. The predicted molar refractivity (Wildman–Crippen MR) is 125 cm³/mol. The van der Waals surface area contributed by atoms with Crippen LogP contribution >= 0.6 is 12.2 Å². The van der Waals surface area contributed by atoms with E-state index in [4.69, 9.17) is 26.4 Å². The predicted octanol–water partition coefficient (Wildman–Crippen LogP) is 3.82. The summed E-state index contributed by atoms with van der Waals surface area (Å²) >= 11 is 5.51. The van der Waals surface area contributed by atoms with E-state index in [9.17, 15) is 0 Å². The van der Waals surface area contributed by atoms with Gasteiger partial charge in [-0.15, -0.1) is 0 Å². The van der Waals surface area contributed by atoms with E-state index in [0.717, 1.165) is 22.4 Å². The summed E-state index contributed by atoms with van der Waals surface area (Å²) in [5.41, 5.74) is 3.29. The first kappa shape index (κ1) is 21.9. The summed E-state index contributed by atoms with van der Waals surface area (Å²) in [5, 5.41) is 8.38. The number of hydrogen-bond acceptors (Lipinski definition) is 4. The van der Waals surface area contributed by atoms with Crippen molar-refractivity contribution in [2.45, 2.75) is 18.9 Å². The standard InChI is InChI=1S/C23H29N3O3S/c1-15(14-27-2)26-23(30)25-13-19(17-9-7-11-21(28-3)22(17)29-4)18-12-24-20-10-6-5-8-16(18)20/h5-12,15,19,24H,13-14H2,1-4H3,(H2,25,26,30). The molecule has 2 aromatic carbocycles. The zero-order valence-corrected chi connectivity index (χ0v) is 18.6. The molecule has 1 aromatic heterocycles. The highest BCUT2D eigenvalue weighted by Gasteiger charge is 2.24. The van der Waals surface area contributed by atoms with Crippen LogP contribution in [-0.4, -0.2) is 50.6 Å². The molecule has 0 aliphatic rings. The quantitative estimate of drug-likeness (QED) is 0.451. The van der Waals surface area contributed by atoms with Crippen LogP contribution in [0.4, 0.5) is 0 Å². The second-order valence-electron chi connectivity index (χ2n) is 7.14. The van der Waals surface area contributed by atoms with Gasteiger partial charge in [0.2, 0.25) is 0 Å². The first-order chi connectivity index (χ1) is 14.6. The number of ether oxygens (including phenoxy) is 3. The topological polar surface area (TPSA) is 67.5 Å². The lowest BCUT2D eigenvalue weighted by molar-refractivity contribution is 0.179. The molecule has 0 saturated carbocycles. The van der Waals surface area contributed by atoms with Crippen molar-refractivity contribution in [1.82, 2.24) is 15.6 Å². The Morgan fingerprint density at radius 1 is 1.03 bits per heavy atom. The molecule has 3 N–H and O–H groups in total. The summed E-state index contributed by atoms with van der Waals surface area (Å²) in [6.07, 6.45) is 2.06. The van der Waals surface area contributed by atoms with Crippen LogP contribution in [0.1, 0.15) is 24.0 Å². The normalized spacial score (nSPS) is 12.9. The average Bonchev–Trinajstić information content (AvgIpc) is 3.17. The minimum Gasteiger partial charge on any atom is -0.493 e. The Hall–Kier alpha value is -2.77. The number of fused-ring (bicyclic) bond motifs is 1. The Kier molecular flexibility index (Phi) is 7.54. The minimum absolute atomic E-state index is 0.0105. The van der Waals surface area contributed by atoms with Crippen LogP contribution in [0.3, 0.4) is 0 Å². The van der Waals surface area contributed by atoms with Crippen molar-refractivity contribution in [2.24, 2.45) is 0 Å². The molecule has 0 spiro atoms. The van der Waals surface area contributed by atoms with E-state index in [1.54, 1.807) is 21.3 Å². The van der Waals surface area contributed by atoms with E-state index in [0.29, 0.717) is 24.0 Å². The third-order valence-electron chi connectivity index (χ3n) is 5.07. The molecule has 3 rings (SSSR count). The second kappa shape index (κ2) is 10.3. The lowest BCUT2D eigenvalue weighted by atomic mass is 9.90. The SMILES string of the molecule is COCC(C)NC(=S)NCC(c1cccc(OC)c1OC)c1c[nH]c2ccccc12. The molecule has 0 aliphatic carbocycles. The van der Waals surface area contributed by atoms with Crippen molar-refractivity contribution in [2.75, 3.05) is 34.5 Å². The molecular weight excluding hydrogens is 398 g/mol. The highest BCUT2D eigenvalue weighted by molar-refractivity contribution is 7.80. The molecule has 0 aliphatic heterocycles. The lowest BCUT2D eigenvalue weighted by Crippen LogP contribution is -2.43. The van der Waals surface area contributed by atoms with Gasteiger partial charge in [-0.05, 0) is 36.8 Å². The van der Waals surface area contributed by atoms with Crippen LogP contribution < -0.4 is 20.1 Å². The average molecular weight is 428 g/mol. The summed E-state index contributed by atoms with van der Waals surface area (Å²) in [5.74, 6) is 1.42. The number of rotatable bonds is 9. The highest BCUT2D eigenvalue weighted by Crippen LogP contribution is 2.40. The van der Waals surface area contributed by atoms with Crippen LogP contribution in [0, 0.1) is 0 Å². The highest BCUT2D eigenvalue weighted by atomic mass is 32.1. The van der Waals surface area contributed by atoms with Crippen molar-refractivity contribution < 1.29 is 14.2 Å². The molecule has 2 atom stereocenters. The van der Waals surface area contributed by atoms with E-state index < -0.39 is 0 Å². The number of aromatic nitrogens is 1. The summed E-state index contributed by atoms with van der Waals surface area (Å²) in [4.78, 5) is 3.38. The smallest absolute Gasteiger partial charge is 0.166 e. The summed E-state index contributed by atoms with van der Waals surface area (Å²) < 4.78 is 16.4. The molecule has 0 amide bonds. The fourth-order valence-electron chi connectivity index (χ4n) is 3.72. The van der Waals surface area contributed by atoms with Crippen molar-refractivity contribution in [3.63, 3.8) is 0 Å². The summed E-state index contributed by atoms with van der Waals surface area (Å²) in [6, 6.07) is 14.3. The Bertz CT molecular complexity index is 989. The van der Waals surface area contributed by atoms with E-state index in [1.165, 1.54) is 5.39 Å². The van der Waals surface area contributed by atoms with Crippen LogP contribution in [0.25, 0.3) is 10.9 Å². The fourth-order valence-corrected chi connectivity index (χ4v) is 4.00. The summed E-state index contributed by atoms with van der Waals surface area (Å²) in [6.45, 7) is 3.20. The van der Waals surface area contributed by atoms with Gasteiger partial charge in [-0.25, -0.2) is 0 Å². The first-order valence-electron chi connectivity index (χ1n) is 9.89. The number of benzene rings is 2. The molecule has 0 radical (unpaired) electrons. The van der Waals surface area contributed by atoms with E-state index in [-0.39, 0.29) is 12.0 Å². The van der Waals surface area contributed by atoms with E-state index >= 15 is 0 Å². The minimum atomic E-state index is -0.0105. The number of nitrogens with one attached hydrogen (secondary N) is 3. The fraction of sp³-hybridized carbons (Fsp3) is 0.348. The van der Waals surface area contributed by atoms with Gasteiger partial charge in [0.05, 0.1) is 20.8 Å². The zero-order chi connectivity index (χ0) is 21.5. The lowest BCUT2D eigenvalue weighted by Gasteiger charge is -2.23. The Labute approximate surface area is 182 Å².